The largest absolute Gasteiger partial charge is 0.492 e. The molecule has 4 nitrogen and oxygen atoms in total. The highest BCUT2D eigenvalue weighted by Gasteiger charge is 2.24. The number of hydrogen-bond donors (Lipinski definition) is 2. The molecule has 0 unspecified atom stereocenters. The maximum atomic E-state index is 14.6. The van der Waals surface area contributed by atoms with Gasteiger partial charge in [-0.2, -0.15) is 0 Å². The molecule has 3 aromatic rings. The average Bonchev–Trinajstić information content (AvgIpc) is 3.62. The molecule has 3 aromatic carbocycles. The van der Waals surface area contributed by atoms with Crippen LogP contribution in [0.3, 0.4) is 0 Å². The highest BCUT2D eigenvalue weighted by Crippen LogP contribution is 2.34. The van der Waals surface area contributed by atoms with E-state index in [2.05, 4.69) is 5.32 Å². The van der Waals surface area contributed by atoms with Gasteiger partial charge in [-0.3, -0.25) is 4.79 Å². The van der Waals surface area contributed by atoms with Gasteiger partial charge in [-0.25, -0.2) is 8.78 Å². The maximum Gasteiger partial charge on any atom is 0.255 e. The zero-order chi connectivity index (χ0) is 22.7. The fourth-order valence-corrected chi connectivity index (χ4v) is 3.53. The zero-order valence-electron chi connectivity index (χ0n) is 17.8. The van der Waals surface area contributed by atoms with Gasteiger partial charge in [0.25, 0.3) is 5.91 Å². The lowest BCUT2D eigenvalue weighted by Crippen LogP contribution is -2.24. The number of rotatable bonds is 8. The Balaban J connectivity index is 1.63. The Hall–Kier alpha value is -3.25. The molecule has 6 heteroatoms. The standard InChI is InChI=1S/C26H25F2NO3/c1-16-5-6-18(11-23(16)28)13-29-26(31)21-12-19(9-10-24(21)32-15-17-7-8-17)25-20(14-30)3-2-4-22(25)27/h2-6,9-12,17,30H,7-8,13-15H2,1H3,(H,29,31). The van der Waals surface area contributed by atoms with E-state index in [1.807, 2.05) is 0 Å². The average molecular weight is 437 g/mol. The maximum absolute atomic E-state index is 14.6. The molecule has 0 aromatic heterocycles. The van der Waals surface area contributed by atoms with Gasteiger partial charge in [-0.05, 0) is 72.2 Å². The second-order valence-corrected chi connectivity index (χ2v) is 8.16. The number of halogens is 2. The number of carbonyl (C=O) groups excluding carboxylic acids is 1. The van der Waals surface area contributed by atoms with Crippen LogP contribution in [0.2, 0.25) is 0 Å². The first kappa shape index (κ1) is 22.0. The van der Waals surface area contributed by atoms with Crippen LogP contribution in [0.25, 0.3) is 11.1 Å². The van der Waals surface area contributed by atoms with Crippen LogP contribution in [-0.4, -0.2) is 17.6 Å². The SMILES string of the molecule is Cc1ccc(CNC(=O)c2cc(-c3c(F)cccc3CO)ccc2OCC2CC2)cc1F. The molecular weight excluding hydrogens is 412 g/mol. The lowest BCUT2D eigenvalue weighted by Gasteiger charge is -2.15. The highest BCUT2D eigenvalue weighted by molar-refractivity contribution is 5.98. The molecule has 0 bridgehead atoms. The first-order valence-corrected chi connectivity index (χ1v) is 10.6. The van der Waals surface area contributed by atoms with E-state index < -0.39 is 11.7 Å². The third-order valence-corrected chi connectivity index (χ3v) is 5.64. The second kappa shape index (κ2) is 9.49. The van der Waals surface area contributed by atoms with Crippen LogP contribution in [0.1, 0.15) is 39.9 Å². The van der Waals surface area contributed by atoms with Crippen molar-refractivity contribution < 1.29 is 23.4 Å². The summed E-state index contributed by atoms with van der Waals surface area (Å²) >= 11 is 0. The minimum absolute atomic E-state index is 0.143. The summed E-state index contributed by atoms with van der Waals surface area (Å²) in [5.41, 5.74) is 2.58. The predicted molar refractivity (Wildman–Crippen MR) is 118 cm³/mol. The summed E-state index contributed by atoms with van der Waals surface area (Å²) in [6.07, 6.45) is 2.21. The number of amides is 1. The van der Waals surface area contributed by atoms with Gasteiger partial charge >= 0.3 is 0 Å². The van der Waals surface area contributed by atoms with Crippen molar-refractivity contribution in [2.75, 3.05) is 6.61 Å². The second-order valence-electron chi connectivity index (χ2n) is 8.16. The quantitative estimate of drug-likeness (QED) is 0.512. The summed E-state index contributed by atoms with van der Waals surface area (Å²) < 4.78 is 34.3. The van der Waals surface area contributed by atoms with E-state index in [1.54, 1.807) is 43.3 Å². The topological polar surface area (TPSA) is 58.6 Å². The first-order chi connectivity index (χ1) is 15.5. The van der Waals surface area contributed by atoms with Crippen LogP contribution < -0.4 is 10.1 Å². The molecule has 4 rings (SSSR count). The van der Waals surface area contributed by atoms with Crippen molar-refractivity contribution in [2.24, 2.45) is 5.92 Å². The van der Waals surface area contributed by atoms with Crippen LogP contribution in [0, 0.1) is 24.5 Å². The zero-order valence-corrected chi connectivity index (χ0v) is 17.8. The smallest absolute Gasteiger partial charge is 0.255 e. The van der Waals surface area contributed by atoms with E-state index in [0.29, 0.717) is 40.5 Å². The van der Waals surface area contributed by atoms with E-state index in [0.717, 1.165) is 12.8 Å². The van der Waals surface area contributed by atoms with Crippen LogP contribution >= 0.6 is 0 Å². The Morgan fingerprint density at radius 2 is 1.91 bits per heavy atom. The van der Waals surface area contributed by atoms with Gasteiger partial charge in [0.1, 0.15) is 17.4 Å². The van der Waals surface area contributed by atoms with E-state index in [-0.39, 0.29) is 30.1 Å². The molecule has 0 atom stereocenters. The molecule has 166 valence electrons. The number of ether oxygens (including phenoxy) is 1. The third kappa shape index (κ3) is 4.97. The molecule has 1 aliphatic rings. The lowest BCUT2D eigenvalue weighted by atomic mass is 9.97. The van der Waals surface area contributed by atoms with Crippen molar-refractivity contribution in [3.63, 3.8) is 0 Å². The van der Waals surface area contributed by atoms with Crippen molar-refractivity contribution in [3.05, 3.63) is 88.5 Å². The van der Waals surface area contributed by atoms with E-state index in [9.17, 15) is 18.7 Å². The van der Waals surface area contributed by atoms with Gasteiger partial charge in [-0.1, -0.05) is 30.3 Å². The summed E-state index contributed by atoms with van der Waals surface area (Å²) in [5, 5.41) is 12.4. The van der Waals surface area contributed by atoms with Crippen LogP contribution in [0.5, 0.6) is 5.75 Å². The minimum atomic E-state index is -0.482. The Bertz CT molecular complexity index is 1140. The minimum Gasteiger partial charge on any atom is -0.492 e. The molecular formula is C26H25F2NO3. The van der Waals surface area contributed by atoms with E-state index in [4.69, 9.17) is 4.74 Å². The van der Waals surface area contributed by atoms with Crippen LogP contribution in [-0.2, 0) is 13.2 Å². The molecule has 0 aliphatic heterocycles. The predicted octanol–water partition coefficient (Wildman–Crippen LogP) is 5.15. The normalized spacial score (nSPS) is 13.1. The summed E-state index contributed by atoms with van der Waals surface area (Å²) in [4.78, 5) is 13.0. The molecule has 0 saturated heterocycles. The summed E-state index contributed by atoms with van der Waals surface area (Å²) in [5.74, 6) is -0.308. The van der Waals surface area contributed by atoms with Gasteiger partial charge in [-0.15, -0.1) is 0 Å². The lowest BCUT2D eigenvalue weighted by molar-refractivity contribution is 0.0946. The molecule has 1 saturated carbocycles. The summed E-state index contributed by atoms with van der Waals surface area (Å²) in [7, 11) is 0. The summed E-state index contributed by atoms with van der Waals surface area (Å²) in [6.45, 7) is 2.01. The fraction of sp³-hybridized carbons (Fsp3) is 0.269. The molecule has 1 amide bonds. The Morgan fingerprint density at radius 3 is 2.62 bits per heavy atom. The van der Waals surface area contributed by atoms with Gasteiger partial charge in [0.15, 0.2) is 0 Å². The van der Waals surface area contributed by atoms with Gasteiger partial charge in [0, 0.05) is 12.1 Å². The van der Waals surface area contributed by atoms with Crippen molar-refractivity contribution >= 4 is 5.91 Å². The Kier molecular flexibility index (Phi) is 6.51. The number of aliphatic hydroxyl groups excluding tert-OH is 1. The molecule has 0 spiro atoms. The number of carbonyl (C=O) groups is 1. The van der Waals surface area contributed by atoms with Crippen molar-refractivity contribution in [2.45, 2.75) is 32.9 Å². The highest BCUT2D eigenvalue weighted by atomic mass is 19.1. The van der Waals surface area contributed by atoms with Crippen LogP contribution in [0.15, 0.2) is 54.6 Å². The summed E-state index contributed by atoms with van der Waals surface area (Å²) in [6, 6.07) is 14.2. The molecule has 1 fully saturated rings. The van der Waals surface area contributed by atoms with Crippen molar-refractivity contribution in [1.29, 1.82) is 0 Å². The Labute approximate surface area is 185 Å². The van der Waals surface area contributed by atoms with Gasteiger partial charge in [0.05, 0.1) is 18.8 Å². The van der Waals surface area contributed by atoms with E-state index in [1.165, 1.54) is 18.2 Å². The first-order valence-electron chi connectivity index (χ1n) is 10.6. The monoisotopic (exact) mass is 437 g/mol. The molecule has 32 heavy (non-hydrogen) atoms. The van der Waals surface area contributed by atoms with Gasteiger partial charge in [0.2, 0.25) is 0 Å². The number of aryl methyl sites for hydroxylation is 1. The molecule has 0 heterocycles. The van der Waals surface area contributed by atoms with Crippen LogP contribution in [0.4, 0.5) is 8.78 Å². The molecule has 2 N–H and O–H groups in total. The number of aliphatic hydroxyl groups is 1. The van der Waals surface area contributed by atoms with Crippen molar-refractivity contribution in [1.82, 2.24) is 5.32 Å². The fourth-order valence-electron chi connectivity index (χ4n) is 3.53. The molecule has 1 aliphatic carbocycles. The van der Waals surface area contributed by atoms with Gasteiger partial charge < -0.3 is 15.2 Å². The molecule has 0 radical (unpaired) electrons. The Morgan fingerprint density at radius 1 is 1.09 bits per heavy atom. The third-order valence-electron chi connectivity index (χ3n) is 5.64. The number of hydrogen-bond acceptors (Lipinski definition) is 3. The van der Waals surface area contributed by atoms with E-state index >= 15 is 0 Å². The number of benzene rings is 3. The van der Waals surface area contributed by atoms with Crippen molar-refractivity contribution in [3.8, 4) is 16.9 Å². The number of nitrogens with one attached hydrogen (secondary N) is 1.